The normalized spacial score (nSPS) is 11.2. The van der Waals surface area contributed by atoms with Gasteiger partial charge in [-0.3, -0.25) is 4.39 Å². The van der Waals surface area contributed by atoms with Crippen molar-refractivity contribution in [1.29, 1.82) is 0 Å². The Morgan fingerprint density at radius 3 is 2.43 bits per heavy atom. The summed E-state index contributed by atoms with van der Waals surface area (Å²) in [4.78, 5) is 0. The molecule has 1 unspecified atom stereocenters. The molecule has 0 aliphatic rings. The van der Waals surface area contributed by atoms with E-state index >= 15 is 4.39 Å². The van der Waals surface area contributed by atoms with Gasteiger partial charge in [0.15, 0.2) is 0 Å². The summed E-state index contributed by atoms with van der Waals surface area (Å²) in [6, 6.07) is 22.3. The molecule has 2 N–H and O–H groups in total. The minimum absolute atomic E-state index is 0. The molecular formula is C24H25ClFNO2W. The quantitative estimate of drug-likeness (QED) is 0.203. The Bertz CT molecular complexity index is 924. The zero-order valence-electron chi connectivity index (χ0n) is 17.0. The molecule has 0 fully saturated rings. The fourth-order valence-corrected chi connectivity index (χ4v) is 3.52. The molecule has 3 rings (SSSR count). The topological polar surface area (TPSA) is 52.0 Å². The standard InChI is InChI=1S/C24H23ClFO2.H2N.W/c1-3-19(17-8-5-4-6-9-17)18-12-13-22(25)21(16-18)20-10-7-11-23(24(20)26)28-15-14-27-2;;/h4-9,11-13,16,19H,3,14-15H2,1-2H3;1H2;/q2*-1;+2. The van der Waals surface area contributed by atoms with Gasteiger partial charge in [0.25, 0.3) is 0 Å². The van der Waals surface area contributed by atoms with Crippen molar-refractivity contribution in [2.75, 3.05) is 20.3 Å². The van der Waals surface area contributed by atoms with E-state index in [1.165, 1.54) is 5.56 Å². The third kappa shape index (κ3) is 6.15. The Hall–Kier alpha value is -1.71. The molecule has 1 atom stereocenters. The van der Waals surface area contributed by atoms with Crippen LogP contribution in [0.4, 0.5) is 4.39 Å². The summed E-state index contributed by atoms with van der Waals surface area (Å²) < 4.78 is 25.5. The molecule has 0 bridgehead atoms. The Morgan fingerprint density at radius 2 is 1.77 bits per heavy atom. The summed E-state index contributed by atoms with van der Waals surface area (Å²) in [6.45, 7) is 2.80. The predicted octanol–water partition coefficient (Wildman–Crippen LogP) is 7.23. The summed E-state index contributed by atoms with van der Waals surface area (Å²) in [7, 11) is 1.58. The predicted molar refractivity (Wildman–Crippen MR) is 117 cm³/mol. The van der Waals surface area contributed by atoms with Crippen LogP contribution in [0.1, 0.15) is 30.4 Å². The maximum Gasteiger partial charge on any atom is 2.00 e. The van der Waals surface area contributed by atoms with Gasteiger partial charge in [0, 0.05) is 18.1 Å². The molecule has 0 aromatic heterocycles. The maximum atomic E-state index is 15.0. The SMILES string of the molecule is CCC(c1ccccc1)c1ccc(Cl)c(-c2[c-]ccc(OCCOC)c2F)c1.[NH2-].[W+2]. The van der Waals surface area contributed by atoms with Crippen LogP contribution in [-0.2, 0) is 25.8 Å². The molecule has 3 aromatic carbocycles. The first-order valence-electron chi connectivity index (χ1n) is 9.32. The molecule has 158 valence electrons. The van der Waals surface area contributed by atoms with Crippen LogP contribution in [0, 0.1) is 11.9 Å². The van der Waals surface area contributed by atoms with Crippen molar-refractivity contribution in [3.05, 3.63) is 94.8 Å². The van der Waals surface area contributed by atoms with Gasteiger partial charge in [0.05, 0.1) is 18.2 Å². The van der Waals surface area contributed by atoms with Crippen LogP contribution in [0.3, 0.4) is 0 Å². The Labute approximate surface area is 197 Å². The van der Waals surface area contributed by atoms with E-state index in [1.807, 2.05) is 36.4 Å². The third-order valence-electron chi connectivity index (χ3n) is 4.72. The summed E-state index contributed by atoms with van der Waals surface area (Å²) in [6.07, 6.45) is 0.928. The van der Waals surface area contributed by atoms with Crippen LogP contribution in [-0.4, -0.2) is 20.3 Å². The molecule has 0 saturated heterocycles. The first-order valence-corrected chi connectivity index (χ1v) is 9.70. The van der Waals surface area contributed by atoms with Crippen molar-refractivity contribution in [3.8, 4) is 16.9 Å². The molecule has 3 aromatic rings. The van der Waals surface area contributed by atoms with Gasteiger partial charge in [-0.15, -0.1) is 17.7 Å². The molecule has 0 heterocycles. The first kappa shape index (κ1) is 26.3. The summed E-state index contributed by atoms with van der Waals surface area (Å²) >= 11 is 6.43. The average molecular weight is 598 g/mol. The van der Waals surface area contributed by atoms with Gasteiger partial charge < -0.3 is 15.6 Å². The van der Waals surface area contributed by atoms with E-state index < -0.39 is 5.82 Å². The first-order chi connectivity index (χ1) is 13.7. The summed E-state index contributed by atoms with van der Waals surface area (Å²) in [5, 5.41) is 0.482. The second kappa shape index (κ2) is 12.9. The number of rotatable bonds is 8. The number of hydrogen-bond donors (Lipinski definition) is 0. The van der Waals surface area contributed by atoms with Gasteiger partial charge in [-0.25, -0.2) is 0 Å². The minimum atomic E-state index is -0.467. The van der Waals surface area contributed by atoms with Crippen LogP contribution in [0.15, 0.2) is 60.7 Å². The number of benzene rings is 3. The molecule has 0 amide bonds. The van der Waals surface area contributed by atoms with Gasteiger partial charge in [0.1, 0.15) is 6.61 Å². The molecule has 0 radical (unpaired) electrons. The fraction of sp³-hybridized carbons (Fsp3) is 0.250. The molecule has 0 spiro atoms. The molecule has 6 heteroatoms. The van der Waals surface area contributed by atoms with Crippen molar-refractivity contribution in [2.45, 2.75) is 19.3 Å². The number of nitrogens with two attached hydrogens (primary N) is 1. The van der Waals surface area contributed by atoms with E-state index in [9.17, 15) is 0 Å². The summed E-state index contributed by atoms with van der Waals surface area (Å²) in [5.41, 5.74) is 3.24. The zero-order chi connectivity index (χ0) is 19.9. The molecule has 30 heavy (non-hydrogen) atoms. The van der Waals surface area contributed by atoms with Gasteiger partial charge in [0.2, 0.25) is 0 Å². The van der Waals surface area contributed by atoms with E-state index in [2.05, 4.69) is 25.1 Å². The Morgan fingerprint density at radius 1 is 1.03 bits per heavy atom. The van der Waals surface area contributed by atoms with Gasteiger partial charge in [-0.2, -0.15) is 0 Å². The van der Waals surface area contributed by atoms with Crippen LogP contribution in [0.2, 0.25) is 5.02 Å². The number of methoxy groups -OCH3 is 1. The van der Waals surface area contributed by atoms with E-state index in [4.69, 9.17) is 21.1 Å². The van der Waals surface area contributed by atoms with Crippen molar-refractivity contribution in [1.82, 2.24) is 0 Å². The van der Waals surface area contributed by atoms with Crippen molar-refractivity contribution < 1.29 is 34.9 Å². The Kier molecular flexibility index (Phi) is 11.3. The third-order valence-corrected chi connectivity index (χ3v) is 5.05. The number of ether oxygens (including phenoxy) is 2. The zero-order valence-corrected chi connectivity index (χ0v) is 20.7. The maximum absolute atomic E-state index is 15.0. The van der Waals surface area contributed by atoms with Crippen LogP contribution >= 0.6 is 11.6 Å². The van der Waals surface area contributed by atoms with Crippen LogP contribution in [0.25, 0.3) is 17.3 Å². The second-order valence-corrected chi connectivity index (χ2v) is 6.89. The number of hydrogen-bond acceptors (Lipinski definition) is 2. The monoisotopic (exact) mass is 597 g/mol. The molecule has 0 aliphatic carbocycles. The summed E-state index contributed by atoms with van der Waals surface area (Å²) in [5.74, 6) is -0.0887. The van der Waals surface area contributed by atoms with Crippen molar-refractivity contribution in [3.63, 3.8) is 0 Å². The van der Waals surface area contributed by atoms with E-state index in [0.717, 1.165) is 12.0 Å². The minimum Gasteiger partial charge on any atom is -0.693 e. The van der Waals surface area contributed by atoms with Gasteiger partial charge in [-0.1, -0.05) is 78.7 Å². The van der Waals surface area contributed by atoms with Crippen molar-refractivity contribution in [2.24, 2.45) is 0 Å². The molecule has 3 nitrogen and oxygen atoms in total. The second-order valence-electron chi connectivity index (χ2n) is 6.48. The van der Waals surface area contributed by atoms with E-state index in [-0.39, 0.29) is 45.5 Å². The molecule has 0 saturated carbocycles. The molecular weight excluding hydrogens is 573 g/mol. The molecule has 0 aliphatic heterocycles. The van der Waals surface area contributed by atoms with Gasteiger partial charge >= 0.3 is 21.1 Å². The van der Waals surface area contributed by atoms with Crippen molar-refractivity contribution >= 4 is 11.6 Å². The Balaban J connectivity index is 0.00000225. The largest absolute Gasteiger partial charge is 2.00 e. The van der Waals surface area contributed by atoms with Crippen LogP contribution in [0.5, 0.6) is 5.75 Å². The van der Waals surface area contributed by atoms with Gasteiger partial charge in [-0.05, 0) is 17.5 Å². The smallest absolute Gasteiger partial charge is 0.693 e. The average Bonchev–Trinajstić information content (AvgIpc) is 2.72. The van der Waals surface area contributed by atoms with E-state index in [1.54, 1.807) is 19.2 Å². The van der Waals surface area contributed by atoms with E-state index in [0.29, 0.717) is 22.8 Å². The van der Waals surface area contributed by atoms with Crippen LogP contribution < -0.4 is 4.74 Å². The number of halogens is 2. The fourth-order valence-electron chi connectivity index (χ4n) is 3.30.